The van der Waals surface area contributed by atoms with E-state index in [4.69, 9.17) is 9.73 Å². The first kappa shape index (κ1) is 16.1. The number of likely N-dealkylation sites (N-methyl/N-ethyl adjacent to an activating group) is 1. The summed E-state index contributed by atoms with van der Waals surface area (Å²) in [5, 5.41) is 0. The van der Waals surface area contributed by atoms with E-state index in [1.165, 1.54) is 11.1 Å². The van der Waals surface area contributed by atoms with Gasteiger partial charge in [0.2, 0.25) is 0 Å². The summed E-state index contributed by atoms with van der Waals surface area (Å²) < 4.78 is 5.66. The Morgan fingerprint density at radius 2 is 1.92 bits per heavy atom. The van der Waals surface area contributed by atoms with E-state index in [1.807, 2.05) is 19.2 Å². The fraction of sp³-hybridized carbons (Fsp3) is 0.400. The lowest BCUT2D eigenvalue weighted by molar-refractivity contribution is 0.312. The summed E-state index contributed by atoms with van der Waals surface area (Å²) in [7, 11) is 2.17. The average molecular weight is 336 g/mol. The fourth-order valence-electron chi connectivity index (χ4n) is 3.44. The minimum absolute atomic E-state index is 0.675. The number of rotatable bonds is 4. The van der Waals surface area contributed by atoms with Crippen molar-refractivity contribution in [2.24, 2.45) is 4.99 Å². The molecule has 130 valence electrons. The monoisotopic (exact) mass is 336 g/mol. The summed E-state index contributed by atoms with van der Waals surface area (Å²) in [4.78, 5) is 14.1. The van der Waals surface area contributed by atoms with Crippen LogP contribution in [0.5, 0.6) is 5.75 Å². The topological polar surface area (TPSA) is 41.0 Å². The van der Waals surface area contributed by atoms with Crippen molar-refractivity contribution in [3.05, 3.63) is 53.2 Å². The molecule has 5 heteroatoms. The molecule has 0 unspecified atom stereocenters. The molecule has 4 rings (SSSR count). The van der Waals surface area contributed by atoms with Crippen LogP contribution in [0, 0.1) is 0 Å². The van der Waals surface area contributed by atoms with Crippen LogP contribution in [0.25, 0.3) is 0 Å². The molecule has 1 fully saturated rings. The number of ether oxygens (including phenoxy) is 1. The van der Waals surface area contributed by atoms with Gasteiger partial charge in [-0.25, -0.2) is 4.98 Å². The van der Waals surface area contributed by atoms with Gasteiger partial charge < -0.3 is 14.5 Å². The van der Waals surface area contributed by atoms with Crippen molar-refractivity contribution in [3.8, 4) is 5.75 Å². The summed E-state index contributed by atoms with van der Waals surface area (Å²) in [5.41, 5.74) is 4.63. The highest BCUT2D eigenvalue weighted by Crippen LogP contribution is 2.28. The van der Waals surface area contributed by atoms with E-state index in [2.05, 4.69) is 46.1 Å². The third-order valence-electron chi connectivity index (χ3n) is 4.90. The summed E-state index contributed by atoms with van der Waals surface area (Å²) >= 11 is 0. The molecule has 1 aromatic carbocycles. The Labute approximate surface area is 149 Å². The van der Waals surface area contributed by atoms with Gasteiger partial charge in [-0.15, -0.1) is 0 Å². The highest BCUT2D eigenvalue weighted by Gasteiger charge is 2.20. The number of aromatic nitrogens is 1. The first-order chi connectivity index (χ1) is 12.2. The molecule has 3 heterocycles. The lowest BCUT2D eigenvalue weighted by atomic mass is 10.0. The van der Waals surface area contributed by atoms with E-state index in [1.54, 1.807) is 0 Å². The molecule has 0 atom stereocenters. The fourth-order valence-corrected chi connectivity index (χ4v) is 3.44. The zero-order valence-corrected chi connectivity index (χ0v) is 14.9. The quantitative estimate of drug-likeness (QED) is 0.860. The summed E-state index contributed by atoms with van der Waals surface area (Å²) in [5.74, 6) is 1.95. The van der Waals surface area contributed by atoms with Crippen molar-refractivity contribution in [1.29, 1.82) is 0 Å². The van der Waals surface area contributed by atoms with Gasteiger partial charge in [0, 0.05) is 43.5 Å². The van der Waals surface area contributed by atoms with Gasteiger partial charge in [0.05, 0.1) is 18.9 Å². The highest BCUT2D eigenvalue weighted by molar-refractivity contribution is 6.15. The molecule has 1 aromatic heterocycles. The van der Waals surface area contributed by atoms with Crippen LogP contribution in [0.4, 0.5) is 5.82 Å². The number of benzene rings is 1. The molecule has 2 aliphatic rings. The van der Waals surface area contributed by atoms with Crippen molar-refractivity contribution in [2.75, 3.05) is 44.7 Å². The van der Waals surface area contributed by atoms with Gasteiger partial charge >= 0.3 is 0 Å². The Morgan fingerprint density at radius 1 is 1.08 bits per heavy atom. The summed E-state index contributed by atoms with van der Waals surface area (Å²) in [6.07, 6.45) is 1.90. The van der Waals surface area contributed by atoms with E-state index in [0.717, 1.165) is 55.6 Å². The first-order valence-electron chi connectivity index (χ1n) is 8.95. The minimum Gasteiger partial charge on any atom is -0.494 e. The van der Waals surface area contributed by atoms with Crippen LogP contribution in [0.1, 0.15) is 23.6 Å². The van der Waals surface area contributed by atoms with Crippen molar-refractivity contribution < 1.29 is 4.74 Å². The van der Waals surface area contributed by atoms with Crippen molar-refractivity contribution in [1.82, 2.24) is 9.88 Å². The molecule has 25 heavy (non-hydrogen) atoms. The largest absolute Gasteiger partial charge is 0.494 e. The van der Waals surface area contributed by atoms with E-state index >= 15 is 0 Å². The molecule has 0 amide bonds. The maximum Gasteiger partial charge on any atom is 0.129 e. The Kier molecular flexibility index (Phi) is 4.40. The van der Waals surface area contributed by atoms with E-state index in [9.17, 15) is 0 Å². The zero-order chi connectivity index (χ0) is 17.2. The number of fused-ring (bicyclic) bond motifs is 1. The van der Waals surface area contributed by atoms with Crippen LogP contribution in [-0.4, -0.2) is 55.4 Å². The average Bonchev–Trinajstić information content (AvgIpc) is 3.06. The molecule has 1 saturated heterocycles. The zero-order valence-electron chi connectivity index (χ0n) is 14.9. The maximum absolute atomic E-state index is 5.66. The van der Waals surface area contributed by atoms with Crippen LogP contribution in [0.2, 0.25) is 0 Å². The normalized spacial score (nSPS) is 17.4. The predicted octanol–water partition coefficient (Wildman–Crippen LogP) is 2.58. The van der Waals surface area contributed by atoms with Gasteiger partial charge in [-0.05, 0) is 43.8 Å². The molecule has 0 saturated carbocycles. The second-order valence-electron chi connectivity index (χ2n) is 6.61. The van der Waals surface area contributed by atoms with Crippen LogP contribution in [-0.2, 0) is 6.54 Å². The number of hydrogen-bond acceptors (Lipinski definition) is 5. The lowest BCUT2D eigenvalue weighted by Crippen LogP contribution is -2.44. The molecule has 0 aliphatic carbocycles. The molecular weight excluding hydrogens is 312 g/mol. The minimum atomic E-state index is 0.675. The number of pyridine rings is 1. The van der Waals surface area contributed by atoms with Gasteiger partial charge in [0.1, 0.15) is 11.6 Å². The van der Waals surface area contributed by atoms with Gasteiger partial charge in [0.25, 0.3) is 0 Å². The number of piperazine rings is 1. The van der Waals surface area contributed by atoms with Crippen LogP contribution in [0.15, 0.2) is 41.5 Å². The Balaban J connectivity index is 1.62. The molecule has 2 aliphatic heterocycles. The molecule has 0 N–H and O–H groups in total. The van der Waals surface area contributed by atoms with E-state index < -0.39 is 0 Å². The molecule has 0 spiro atoms. The van der Waals surface area contributed by atoms with Crippen LogP contribution >= 0.6 is 0 Å². The van der Waals surface area contributed by atoms with Gasteiger partial charge in [0.15, 0.2) is 0 Å². The SMILES string of the molecule is CCOc1ccc2c(c1)C(c1ccnc(N3CCN(C)CC3)c1)=NC2. The molecule has 0 radical (unpaired) electrons. The van der Waals surface area contributed by atoms with Gasteiger partial charge in [-0.3, -0.25) is 4.99 Å². The van der Waals surface area contributed by atoms with Crippen LogP contribution in [0.3, 0.4) is 0 Å². The Hall–Kier alpha value is -2.40. The molecule has 5 nitrogen and oxygen atoms in total. The van der Waals surface area contributed by atoms with E-state index in [0.29, 0.717) is 6.61 Å². The van der Waals surface area contributed by atoms with Crippen molar-refractivity contribution in [2.45, 2.75) is 13.5 Å². The Morgan fingerprint density at radius 3 is 2.72 bits per heavy atom. The van der Waals surface area contributed by atoms with Gasteiger partial charge in [-0.2, -0.15) is 0 Å². The predicted molar refractivity (Wildman–Crippen MR) is 101 cm³/mol. The second kappa shape index (κ2) is 6.84. The molecule has 2 aromatic rings. The maximum atomic E-state index is 5.66. The third kappa shape index (κ3) is 3.24. The van der Waals surface area contributed by atoms with Gasteiger partial charge in [-0.1, -0.05) is 6.07 Å². The smallest absolute Gasteiger partial charge is 0.129 e. The third-order valence-corrected chi connectivity index (χ3v) is 4.90. The van der Waals surface area contributed by atoms with Crippen LogP contribution < -0.4 is 9.64 Å². The lowest BCUT2D eigenvalue weighted by Gasteiger charge is -2.33. The second-order valence-corrected chi connectivity index (χ2v) is 6.61. The van der Waals surface area contributed by atoms with E-state index in [-0.39, 0.29) is 0 Å². The number of anilines is 1. The Bertz CT molecular complexity index is 794. The highest BCUT2D eigenvalue weighted by atomic mass is 16.5. The molecular formula is C20H24N4O. The molecule has 0 bridgehead atoms. The first-order valence-corrected chi connectivity index (χ1v) is 8.95. The van der Waals surface area contributed by atoms with Crippen molar-refractivity contribution in [3.63, 3.8) is 0 Å². The van der Waals surface area contributed by atoms with Crippen molar-refractivity contribution >= 4 is 11.5 Å². The summed E-state index contributed by atoms with van der Waals surface area (Å²) in [6, 6.07) is 10.5. The number of nitrogens with zero attached hydrogens (tertiary/aromatic N) is 4. The number of aliphatic imine (C=N–C) groups is 1. The summed E-state index contributed by atoms with van der Waals surface area (Å²) in [6.45, 7) is 7.61. The number of hydrogen-bond donors (Lipinski definition) is 0. The standard InChI is InChI=1S/C20H24N4O/c1-3-25-17-5-4-16-14-22-20(18(16)13-17)15-6-7-21-19(12-15)24-10-8-23(2)9-11-24/h4-7,12-13H,3,8-11,14H2,1-2H3.